The Labute approximate surface area is 147 Å². The third-order valence-corrected chi connectivity index (χ3v) is 3.98. The lowest BCUT2D eigenvalue weighted by Gasteiger charge is -2.23. The molecule has 0 fully saturated rings. The van der Waals surface area contributed by atoms with Gasteiger partial charge in [0.15, 0.2) is 0 Å². The summed E-state index contributed by atoms with van der Waals surface area (Å²) in [7, 11) is 0. The summed E-state index contributed by atoms with van der Waals surface area (Å²) in [4.78, 5) is 25.8. The van der Waals surface area contributed by atoms with Gasteiger partial charge in [-0.25, -0.2) is 0 Å². The molecule has 5 heteroatoms. The number of nitrogens with one attached hydrogen (secondary N) is 1. The van der Waals surface area contributed by atoms with Crippen LogP contribution in [-0.4, -0.2) is 24.9 Å². The molecule has 4 nitrogen and oxygen atoms in total. The van der Waals surface area contributed by atoms with E-state index in [1.165, 1.54) is 6.92 Å². The normalized spacial score (nSPS) is 10.3. The van der Waals surface area contributed by atoms with E-state index < -0.39 is 0 Å². The highest BCUT2D eigenvalue weighted by Gasteiger charge is 2.14. The SMILES string of the molecule is CC(=O)N(CCNC(=O)c1cccc(Cl)c1)c1cc(C)ccc1C. The van der Waals surface area contributed by atoms with Crippen LogP contribution in [0.25, 0.3) is 0 Å². The van der Waals surface area contributed by atoms with Gasteiger partial charge in [-0.3, -0.25) is 9.59 Å². The van der Waals surface area contributed by atoms with Crippen LogP contribution in [-0.2, 0) is 4.79 Å². The molecular weight excluding hydrogens is 324 g/mol. The molecule has 0 spiro atoms. The topological polar surface area (TPSA) is 49.4 Å². The van der Waals surface area contributed by atoms with E-state index in [9.17, 15) is 9.59 Å². The van der Waals surface area contributed by atoms with E-state index in [2.05, 4.69) is 5.32 Å². The van der Waals surface area contributed by atoms with Gasteiger partial charge in [-0.1, -0.05) is 29.8 Å². The van der Waals surface area contributed by atoms with Crippen molar-refractivity contribution in [3.8, 4) is 0 Å². The maximum absolute atomic E-state index is 12.1. The van der Waals surface area contributed by atoms with Gasteiger partial charge < -0.3 is 10.2 Å². The lowest BCUT2D eigenvalue weighted by atomic mass is 10.1. The van der Waals surface area contributed by atoms with Gasteiger partial charge in [0.1, 0.15) is 0 Å². The molecule has 0 heterocycles. The van der Waals surface area contributed by atoms with Crippen molar-refractivity contribution in [1.82, 2.24) is 5.32 Å². The second-order valence-corrected chi connectivity index (χ2v) is 6.16. The number of benzene rings is 2. The van der Waals surface area contributed by atoms with Crippen LogP contribution >= 0.6 is 11.6 Å². The first-order valence-electron chi connectivity index (χ1n) is 7.77. The number of aryl methyl sites for hydroxylation is 2. The molecule has 2 rings (SSSR count). The first-order valence-corrected chi connectivity index (χ1v) is 8.15. The molecule has 0 aliphatic carbocycles. The second-order valence-electron chi connectivity index (χ2n) is 5.73. The van der Waals surface area contributed by atoms with Crippen molar-refractivity contribution in [2.24, 2.45) is 0 Å². The maximum Gasteiger partial charge on any atom is 0.251 e. The quantitative estimate of drug-likeness (QED) is 0.898. The van der Waals surface area contributed by atoms with Gasteiger partial charge in [0.2, 0.25) is 5.91 Å². The molecule has 0 saturated heterocycles. The number of anilines is 1. The number of amides is 2. The predicted octanol–water partition coefficient (Wildman–Crippen LogP) is 3.74. The minimum absolute atomic E-state index is 0.0549. The van der Waals surface area contributed by atoms with E-state index in [0.29, 0.717) is 23.7 Å². The Bertz CT molecular complexity index is 759. The van der Waals surface area contributed by atoms with Crippen LogP contribution in [0, 0.1) is 13.8 Å². The average molecular weight is 345 g/mol. The lowest BCUT2D eigenvalue weighted by molar-refractivity contribution is -0.116. The Morgan fingerprint density at radius 1 is 1.12 bits per heavy atom. The Morgan fingerprint density at radius 3 is 2.54 bits per heavy atom. The summed E-state index contributed by atoms with van der Waals surface area (Å²) in [5.41, 5.74) is 3.49. The van der Waals surface area contributed by atoms with Gasteiger partial charge in [-0.05, 0) is 49.2 Å². The Balaban J connectivity index is 2.03. The summed E-state index contributed by atoms with van der Waals surface area (Å²) in [6.07, 6.45) is 0. The van der Waals surface area contributed by atoms with Crippen molar-refractivity contribution in [3.63, 3.8) is 0 Å². The molecule has 2 aromatic rings. The average Bonchev–Trinajstić information content (AvgIpc) is 2.53. The fraction of sp³-hybridized carbons (Fsp3) is 0.263. The minimum atomic E-state index is -0.207. The number of hydrogen-bond acceptors (Lipinski definition) is 2. The van der Waals surface area contributed by atoms with E-state index in [1.54, 1.807) is 29.2 Å². The third kappa shape index (κ3) is 4.59. The summed E-state index contributed by atoms with van der Waals surface area (Å²) in [6.45, 7) is 6.25. The first-order chi connectivity index (χ1) is 11.4. The molecule has 126 valence electrons. The second kappa shape index (κ2) is 7.97. The van der Waals surface area contributed by atoms with Crippen LogP contribution in [0.1, 0.15) is 28.4 Å². The van der Waals surface area contributed by atoms with Gasteiger partial charge in [0.25, 0.3) is 5.91 Å². The molecule has 0 radical (unpaired) electrons. The van der Waals surface area contributed by atoms with E-state index in [0.717, 1.165) is 16.8 Å². The number of nitrogens with zero attached hydrogens (tertiary/aromatic N) is 1. The van der Waals surface area contributed by atoms with Crippen molar-refractivity contribution in [2.45, 2.75) is 20.8 Å². The molecule has 0 aromatic heterocycles. The molecule has 0 aliphatic rings. The van der Waals surface area contributed by atoms with Gasteiger partial charge in [0.05, 0.1) is 0 Å². The van der Waals surface area contributed by atoms with Crippen molar-refractivity contribution in [2.75, 3.05) is 18.0 Å². The largest absolute Gasteiger partial charge is 0.350 e. The van der Waals surface area contributed by atoms with Crippen molar-refractivity contribution < 1.29 is 9.59 Å². The number of hydrogen-bond donors (Lipinski definition) is 1. The number of carbonyl (C=O) groups is 2. The lowest BCUT2D eigenvalue weighted by Crippen LogP contribution is -2.38. The third-order valence-electron chi connectivity index (χ3n) is 3.74. The van der Waals surface area contributed by atoms with Crippen LogP contribution in [0.4, 0.5) is 5.69 Å². The first kappa shape index (κ1) is 18.0. The van der Waals surface area contributed by atoms with E-state index in [4.69, 9.17) is 11.6 Å². The molecule has 2 amide bonds. The molecular formula is C19H21ClN2O2. The molecule has 0 bridgehead atoms. The zero-order valence-corrected chi connectivity index (χ0v) is 14.9. The smallest absolute Gasteiger partial charge is 0.251 e. The molecule has 0 unspecified atom stereocenters. The van der Waals surface area contributed by atoms with E-state index >= 15 is 0 Å². The Kier molecular flexibility index (Phi) is 5.99. The van der Waals surface area contributed by atoms with Crippen LogP contribution in [0.2, 0.25) is 5.02 Å². The number of halogens is 1. The molecule has 0 atom stereocenters. The van der Waals surface area contributed by atoms with Crippen molar-refractivity contribution in [3.05, 3.63) is 64.2 Å². The van der Waals surface area contributed by atoms with Crippen molar-refractivity contribution >= 4 is 29.1 Å². The van der Waals surface area contributed by atoms with Gasteiger partial charge in [-0.15, -0.1) is 0 Å². The van der Waals surface area contributed by atoms with E-state index in [-0.39, 0.29) is 11.8 Å². The zero-order valence-electron chi connectivity index (χ0n) is 14.1. The van der Waals surface area contributed by atoms with Crippen molar-refractivity contribution in [1.29, 1.82) is 0 Å². The molecule has 2 aromatic carbocycles. The fourth-order valence-electron chi connectivity index (χ4n) is 2.47. The van der Waals surface area contributed by atoms with Crippen LogP contribution < -0.4 is 10.2 Å². The molecule has 1 N–H and O–H groups in total. The van der Waals surface area contributed by atoms with Crippen LogP contribution in [0.15, 0.2) is 42.5 Å². The van der Waals surface area contributed by atoms with Gasteiger partial charge in [0, 0.05) is 36.3 Å². The maximum atomic E-state index is 12.1. The minimum Gasteiger partial charge on any atom is -0.350 e. The molecule has 24 heavy (non-hydrogen) atoms. The van der Waals surface area contributed by atoms with Gasteiger partial charge in [-0.2, -0.15) is 0 Å². The fourth-order valence-corrected chi connectivity index (χ4v) is 2.66. The van der Waals surface area contributed by atoms with Crippen LogP contribution in [0.3, 0.4) is 0 Å². The highest BCUT2D eigenvalue weighted by molar-refractivity contribution is 6.30. The Morgan fingerprint density at radius 2 is 1.88 bits per heavy atom. The molecule has 0 aliphatic heterocycles. The summed E-state index contributed by atoms with van der Waals surface area (Å²) >= 11 is 5.89. The summed E-state index contributed by atoms with van der Waals surface area (Å²) < 4.78 is 0. The number of rotatable bonds is 5. The Hall–Kier alpha value is -2.33. The highest BCUT2D eigenvalue weighted by Crippen LogP contribution is 2.21. The van der Waals surface area contributed by atoms with Gasteiger partial charge >= 0.3 is 0 Å². The summed E-state index contributed by atoms with van der Waals surface area (Å²) in [5.74, 6) is -0.261. The standard InChI is InChI=1S/C19H21ClN2O2/c1-13-7-8-14(2)18(11-13)22(15(3)23)10-9-21-19(24)16-5-4-6-17(20)12-16/h4-8,11-12H,9-10H2,1-3H3,(H,21,24). The monoisotopic (exact) mass is 344 g/mol. The highest BCUT2D eigenvalue weighted by atomic mass is 35.5. The summed E-state index contributed by atoms with van der Waals surface area (Å²) in [6, 6.07) is 12.8. The molecule has 0 saturated carbocycles. The van der Waals surface area contributed by atoms with E-state index in [1.807, 2.05) is 32.0 Å². The predicted molar refractivity (Wildman–Crippen MR) is 97.7 cm³/mol. The van der Waals surface area contributed by atoms with Crippen LogP contribution in [0.5, 0.6) is 0 Å². The number of carbonyl (C=O) groups excluding carboxylic acids is 2. The zero-order chi connectivity index (χ0) is 17.7. The summed E-state index contributed by atoms with van der Waals surface area (Å²) in [5, 5.41) is 3.34.